The molecule has 1 fully saturated rings. The van der Waals surface area contributed by atoms with Crippen molar-refractivity contribution in [3.8, 4) is 0 Å². The standard InChI is InChI=1S/C16H16N2O6/c1-16(2)11(12(16)15(21)24-3)7-17-13(19)9-5-4-8(18(22)23)6-10(9)14(17)20/h4-6,11-12H,7H2,1-3H3. The Morgan fingerprint density at radius 1 is 1.29 bits per heavy atom. The maximum atomic E-state index is 12.5. The van der Waals surface area contributed by atoms with Crippen molar-refractivity contribution in [2.24, 2.45) is 17.3 Å². The van der Waals surface area contributed by atoms with Crippen molar-refractivity contribution >= 4 is 23.5 Å². The number of methoxy groups -OCH3 is 1. The minimum atomic E-state index is -0.613. The highest BCUT2D eigenvalue weighted by molar-refractivity contribution is 6.21. The number of non-ortho nitro benzene ring substituents is 1. The summed E-state index contributed by atoms with van der Waals surface area (Å²) in [5.41, 5.74) is -0.425. The molecule has 1 aliphatic heterocycles. The fourth-order valence-corrected chi connectivity index (χ4v) is 3.43. The zero-order chi connectivity index (χ0) is 17.8. The van der Waals surface area contributed by atoms with E-state index in [4.69, 9.17) is 4.74 Å². The predicted octanol–water partition coefficient (Wildman–Crippen LogP) is 1.64. The third-order valence-corrected chi connectivity index (χ3v) is 5.05. The van der Waals surface area contributed by atoms with Gasteiger partial charge in [-0.05, 0) is 17.4 Å². The summed E-state index contributed by atoms with van der Waals surface area (Å²) in [5, 5.41) is 10.8. The first kappa shape index (κ1) is 16.1. The number of hydrogen-bond donors (Lipinski definition) is 0. The van der Waals surface area contributed by atoms with Crippen LogP contribution < -0.4 is 0 Å². The van der Waals surface area contributed by atoms with Crippen molar-refractivity contribution in [1.82, 2.24) is 4.90 Å². The average Bonchev–Trinajstić information content (AvgIpc) is 3.00. The zero-order valence-electron chi connectivity index (χ0n) is 13.4. The van der Waals surface area contributed by atoms with Gasteiger partial charge in [0.05, 0.1) is 29.1 Å². The average molecular weight is 332 g/mol. The van der Waals surface area contributed by atoms with E-state index in [2.05, 4.69) is 0 Å². The first-order valence-electron chi connectivity index (χ1n) is 7.42. The number of rotatable bonds is 4. The van der Waals surface area contributed by atoms with Gasteiger partial charge in [-0.25, -0.2) is 0 Å². The molecule has 1 saturated carbocycles. The number of hydrogen-bond acceptors (Lipinski definition) is 6. The number of benzene rings is 1. The zero-order valence-corrected chi connectivity index (χ0v) is 13.4. The van der Waals surface area contributed by atoms with E-state index in [-0.39, 0.29) is 46.6 Å². The largest absolute Gasteiger partial charge is 0.469 e. The highest BCUT2D eigenvalue weighted by atomic mass is 16.6. The molecule has 126 valence electrons. The van der Waals surface area contributed by atoms with Gasteiger partial charge in [0.2, 0.25) is 0 Å². The summed E-state index contributed by atoms with van der Waals surface area (Å²) in [6.07, 6.45) is 0. The summed E-state index contributed by atoms with van der Waals surface area (Å²) in [7, 11) is 1.30. The number of nitro groups is 1. The minimum absolute atomic E-state index is 0.0299. The molecule has 24 heavy (non-hydrogen) atoms. The number of ether oxygens (including phenoxy) is 1. The molecule has 3 rings (SSSR count). The van der Waals surface area contributed by atoms with Crippen LogP contribution in [-0.2, 0) is 9.53 Å². The number of amides is 2. The summed E-state index contributed by atoms with van der Waals surface area (Å²) < 4.78 is 4.76. The van der Waals surface area contributed by atoms with E-state index in [1.54, 1.807) is 0 Å². The maximum Gasteiger partial charge on any atom is 0.309 e. The molecule has 0 bridgehead atoms. The lowest BCUT2D eigenvalue weighted by Gasteiger charge is -2.14. The van der Waals surface area contributed by atoms with Gasteiger partial charge < -0.3 is 4.74 Å². The highest BCUT2D eigenvalue weighted by Gasteiger charge is 2.63. The van der Waals surface area contributed by atoms with Crippen LogP contribution in [0.15, 0.2) is 18.2 Å². The van der Waals surface area contributed by atoms with Gasteiger partial charge in [-0.1, -0.05) is 13.8 Å². The molecule has 0 radical (unpaired) electrons. The van der Waals surface area contributed by atoms with E-state index < -0.39 is 16.7 Å². The van der Waals surface area contributed by atoms with Gasteiger partial charge in [0.1, 0.15) is 0 Å². The third-order valence-electron chi connectivity index (χ3n) is 5.05. The van der Waals surface area contributed by atoms with Crippen LogP contribution in [-0.4, -0.2) is 41.3 Å². The SMILES string of the molecule is COC(=O)C1C(CN2C(=O)c3ccc([N+](=O)[O-])cc3C2=O)C1(C)C. The first-order valence-corrected chi connectivity index (χ1v) is 7.42. The smallest absolute Gasteiger partial charge is 0.309 e. The fraction of sp³-hybridized carbons (Fsp3) is 0.438. The van der Waals surface area contributed by atoms with Crippen LogP contribution in [0.5, 0.6) is 0 Å². The Morgan fingerprint density at radius 3 is 2.50 bits per heavy atom. The Kier molecular flexibility index (Phi) is 3.43. The molecule has 2 aliphatic rings. The molecular formula is C16H16N2O6. The molecule has 2 atom stereocenters. The highest BCUT2D eigenvalue weighted by Crippen LogP contribution is 2.59. The Morgan fingerprint density at radius 2 is 1.92 bits per heavy atom. The van der Waals surface area contributed by atoms with Crippen molar-refractivity contribution in [1.29, 1.82) is 0 Å². The summed E-state index contributed by atoms with van der Waals surface area (Å²) in [6.45, 7) is 3.84. The van der Waals surface area contributed by atoms with E-state index in [0.717, 1.165) is 11.0 Å². The normalized spacial score (nSPS) is 23.9. The molecule has 0 spiro atoms. The van der Waals surface area contributed by atoms with Crippen LogP contribution in [0.3, 0.4) is 0 Å². The topological polar surface area (TPSA) is 107 Å². The molecule has 2 unspecified atom stereocenters. The fourth-order valence-electron chi connectivity index (χ4n) is 3.43. The molecule has 2 amide bonds. The number of imide groups is 1. The number of carbonyl (C=O) groups excluding carboxylic acids is 3. The number of nitrogens with zero attached hydrogens (tertiary/aromatic N) is 2. The van der Waals surface area contributed by atoms with E-state index in [1.165, 1.54) is 19.2 Å². The lowest BCUT2D eigenvalue weighted by atomic mass is 10.1. The van der Waals surface area contributed by atoms with Gasteiger partial charge in [-0.15, -0.1) is 0 Å². The van der Waals surface area contributed by atoms with E-state index >= 15 is 0 Å². The number of carbonyl (C=O) groups is 3. The number of nitro benzene ring substituents is 1. The number of fused-ring (bicyclic) bond motifs is 1. The van der Waals surface area contributed by atoms with Crippen LogP contribution in [0.25, 0.3) is 0 Å². The Bertz CT molecular complexity index is 785. The van der Waals surface area contributed by atoms with Crippen molar-refractivity contribution in [2.75, 3.05) is 13.7 Å². The first-order chi connectivity index (χ1) is 11.2. The molecule has 0 aromatic heterocycles. The van der Waals surface area contributed by atoms with E-state index in [1.807, 2.05) is 13.8 Å². The van der Waals surface area contributed by atoms with Crippen LogP contribution in [0.4, 0.5) is 5.69 Å². The van der Waals surface area contributed by atoms with E-state index in [9.17, 15) is 24.5 Å². The second kappa shape index (κ2) is 5.12. The van der Waals surface area contributed by atoms with Crippen molar-refractivity contribution in [3.05, 3.63) is 39.4 Å². The van der Waals surface area contributed by atoms with Gasteiger partial charge in [0, 0.05) is 18.7 Å². The second-order valence-corrected chi connectivity index (χ2v) is 6.64. The third kappa shape index (κ3) is 2.17. The van der Waals surface area contributed by atoms with Crippen molar-refractivity contribution in [2.45, 2.75) is 13.8 Å². The van der Waals surface area contributed by atoms with Crippen molar-refractivity contribution in [3.63, 3.8) is 0 Å². The lowest BCUT2D eigenvalue weighted by Crippen LogP contribution is -2.32. The van der Waals surface area contributed by atoms with Gasteiger partial charge in [0.15, 0.2) is 0 Å². The molecule has 8 heteroatoms. The summed E-state index contributed by atoms with van der Waals surface area (Å²) in [4.78, 5) is 48.0. The van der Waals surface area contributed by atoms with Gasteiger partial charge in [-0.2, -0.15) is 0 Å². The van der Waals surface area contributed by atoms with Crippen LogP contribution in [0, 0.1) is 27.4 Å². The van der Waals surface area contributed by atoms with Gasteiger partial charge >= 0.3 is 5.97 Å². The second-order valence-electron chi connectivity index (χ2n) is 6.64. The summed E-state index contributed by atoms with van der Waals surface area (Å²) in [6, 6.07) is 3.61. The molecular weight excluding hydrogens is 316 g/mol. The molecule has 1 aromatic rings. The lowest BCUT2D eigenvalue weighted by molar-refractivity contribution is -0.384. The van der Waals surface area contributed by atoms with Gasteiger partial charge in [0.25, 0.3) is 17.5 Å². The summed E-state index contributed by atoms with van der Waals surface area (Å²) in [5.74, 6) is -1.98. The van der Waals surface area contributed by atoms with E-state index in [0.29, 0.717) is 0 Å². The Hall–Kier alpha value is -2.77. The molecule has 8 nitrogen and oxygen atoms in total. The molecule has 1 aliphatic carbocycles. The summed E-state index contributed by atoms with van der Waals surface area (Å²) >= 11 is 0. The molecule has 1 heterocycles. The minimum Gasteiger partial charge on any atom is -0.469 e. The quantitative estimate of drug-likeness (QED) is 0.359. The van der Waals surface area contributed by atoms with Gasteiger partial charge in [-0.3, -0.25) is 29.4 Å². The monoisotopic (exact) mass is 332 g/mol. The molecule has 1 aromatic carbocycles. The molecule has 0 saturated heterocycles. The van der Waals surface area contributed by atoms with Crippen molar-refractivity contribution < 1.29 is 24.0 Å². The number of esters is 1. The van der Waals surface area contributed by atoms with Crippen LogP contribution in [0.2, 0.25) is 0 Å². The predicted molar refractivity (Wildman–Crippen MR) is 81.2 cm³/mol. The molecule has 0 N–H and O–H groups in total. The Labute approximate surface area is 137 Å². The maximum absolute atomic E-state index is 12.5. The van der Waals surface area contributed by atoms with Crippen LogP contribution >= 0.6 is 0 Å². The van der Waals surface area contributed by atoms with Crippen LogP contribution in [0.1, 0.15) is 34.6 Å². The Balaban J connectivity index is 1.84.